The monoisotopic (exact) mass is 232 g/mol. The molecule has 1 amide bonds. The molecule has 1 aliphatic heterocycles. The Labute approximate surface area is 103 Å². The van der Waals surface area contributed by atoms with Gasteiger partial charge in [0.25, 0.3) is 0 Å². The van der Waals surface area contributed by atoms with Crippen molar-refractivity contribution in [3.05, 3.63) is 34.9 Å². The molecule has 1 saturated heterocycles. The summed E-state index contributed by atoms with van der Waals surface area (Å²) >= 11 is 0. The van der Waals surface area contributed by atoms with Gasteiger partial charge in [0.15, 0.2) is 0 Å². The van der Waals surface area contributed by atoms with Crippen molar-refractivity contribution in [1.82, 2.24) is 10.2 Å². The van der Waals surface area contributed by atoms with E-state index in [-0.39, 0.29) is 11.9 Å². The van der Waals surface area contributed by atoms with Crippen molar-refractivity contribution < 1.29 is 4.79 Å². The summed E-state index contributed by atoms with van der Waals surface area (Å²) in [6.07, 6.45) is 0.927. The third-order valence-corrected chi connectivity index (χ3v) is 3.64. The van der Waals surface area contributed by atoms with E-state index >= 15 is 0 Å². The molecule has 3 heteroatoms. The van der Waals surface area contributed by atoms with Crippen LogP contribution in [0, 0.1) is 13.8 Å². The Hall–Kier alpha value is -1.35. The maximum absolute atomic E-state index is 11.6. The summed E-state index contributed by atoms with van der Waals surface area (Å²) in [7, 11) is 1.90. The lowest BCUT2D eigenvalue weighted by Crippen LogP contribution is -2.53. The fourth-order valence-corrected chi connectivity index (χ4v) is 2.22. The van der Waals surface area contributed by atoms with Gasteiger partial charge in [-0.2, -0.15) is 0 Å². The number of likely N-dealkylation sites (N-methyl/N-ethyl adjacent to an activating group) is 1. The van der Waals surface area contributed by atoms with E-state index in [4.69, 9.17) is 0 Å². The highest BCUT2D eigenvalue weighted by molar-refractivity contribution is 5.79. The number of amides is 1. The van der Waals surface area contributed by atoms with E-state index in [1.807, 2.05) is 11.9 Å². The molecule has 1 unspecified atom stereocenters. The minimum absolute atomic E-state index is 0.185. The first-order valence-corrected chi connectivity index (χ1v) is 6.10. The van der Waals surface area contributed by atoms with E-state index in [2.05, 4.69) is 37.4 Å². The second-order valence-corrected chi connectivity index (χ2v) is 4.91. The second-order valence-electron chi connectivity index (χ2n) is 4.91. The normalized spacial score (nSPS) is 20.8. The molecule has 1 fully saturated rings. The molecule has 17 heavy (non-hydrogen) atoms. The van der Waals surface area contributed by atoms with Crippen LogP contribution in [-0.2, 0) is 11.2 Å². The lowest BCUT2D eigenvalue weighted by Gasteiger charge is -2.33. The first-order valence-electron chi connectivity index (χ1n) is 6.10. The average molecular weight is 232 g/mol. The summed E-state index contributed by atoms with van der Waals surface area (Å²) < 4.78 is 0. The largest absolute Gasteiger partial charge is 0.340 e. The molecule has 0 spiro atoms. The van der Waals surface area contributed by atoms with E-state index in [0.29, 0.717) is 6.54 Å². The van der Waals surface area contributed by atoms with Gasteiger partial charge < -0.3 is 10.2 Å². The van der Waals surface area contributed by atoms with Crippen LogP contribution in [0.25, 0.3) is 0 Å². The summed E-state index contributed by atoms with van der Waals surface area (Å²) in [5, 5.41) is 3.17. The van der Waals surface area contributed by atoms with Gasteiger partial charge in [0.1, 0.15) is 0 Å². The molecule has 0 saturated carbocycles. The standard InChI is InChI=1S/C14H20N2O/c1-10-4-5-12(6-11(10)2)7-13-8-15-9-14(17)16(13)3/h4-6,13,15H,7-9H2,1-3H3. The van der Waals surface area contributed by atoms with Gasteiger partial charge in [-0.25, -0.2) is 0 Å². The van der Waals surface area contributed by atoms with Crippen molar-refractivity contribution >= 4 is 5.91 Å². The highest BCUT2D eigenvalue weighted by Gasteiger charge is 2.24. The lowest BCUT2D eigenvalue weighted by atomic mass is 9.99. The summed E-state index contributed by atoms with van der Waals surface area (Å²) in [6, 6.07) is 6.82. The van der Waals surface area contributed by atoms with Gasteiger partial charge in [-0.1, -0.05) is 18.2 Å². The van der Waals surface area contributed by atoms with Gasteiger partial charge in [-0.3, -0.25) is 4.79 Å². The van der Waals surface area contributed by atoms with Crippen LogP contribution in [0.15, 0.2) is 18.2 Å². The fraction of sp³-hybridized carbons (Fsp3) is 0.500. The maximum Gasteiger partial charge on any atom is 0.236 e. The van der Waals surface area contributed by atoms with Crippen molar-refractivity contribution in [3.63, 3.8) is 0 Å². The molecular formula is C14H20N2O. The number of hydrogen-bond donors (Lipinski definition) is 1. The number of piperazine rings is 1. The number of benzene rings is 1. The van der Waals surface area contributed by atoms with Crippen molar-refractivity contribution in [2.75, 3.05) is 20.1 Å². The molecule has 0 aromatic heterocycles. The third-order valence-electron chi connectivity index (χ3n) is 3.64. The molecule has 1 heterocycles. The van der Waals surface area contributed by atoms with Gasteiger partial charge in [0.2, 0.25) is 5.91 Å². The number of carbonyl (C=O) groups is 1. The first-order chi connectivity index (χ1) is 8.08. The van der Waals surface area contributed by atoms with Crippen LogP contribution >= 0.6 is 0 Å². The molecule has 1 atom stereocenters. The number of nitrogens with one attached hydrogen (secondary N) is 1. The Kier molecular flexibility index (Phi) is 3.48. The Morgan fingerprint density at radius 2 is 2.12 bits per heavy atom. The van der Waals surface area contributed by atoms with Crippen LogP contribution < -0.4 is 5.32 Å². The molecule has 1 N–H and O–H groups in total. The SMILES string of the molecule is Cc1ccc(CC2CNCC(=O)N2C)cc1C. The number of aryl methyl sites for hydroxylation is 2. The average Bonchev–Trinajstić information content (AvgIpc) is 2.30. The zero-order valence-corrected chi connectivity index (χ0v) is 10.8. The van der Waals surface area contributed by atoms with Crippen LogP contribution in [0.2, 0.25) is 0 Å². The van der Waals surface area contributed by atoms with Crippen LogP contribution in [0.3, 0.4) is 0 Å². The number of carbonyl (C=O) groups excluding carboxylic acids is 1. The first kappa shape index (κ1) is 12.1. The third kappa shape index (κ3) is 2.67. The van der Waals surface area contributed by atoms with Gasteiger partial charge in [0.05, 0.1) is 6.54 Å². The van der Waals surface area contributed by atoms with E-state index in [9.17, 15) is 4.79 Å². The van der Waals surface area contributed by atoms with Crippen LogP contribution in [0.5, 0.6) is 0 Å². The molecule has 1 aromatic carbocycles. The van der Waals surface area contributed by atoms with E-state index in [0.717, 1.165) is 13.0 Å². The topological polar surface area (TPSA) is 32.3 Å². The second kappa shape index (κ2) is 4.88. The quantitative estimate of drug-likeness (QED) is 0.833. The predicted molar refractivity (Wildman–Crippen MR) is 69.0 cm³/mol. The van der Waals surface area contributed by atoms with E-state index in [1.54, 1.807) is 0 Å². The molecule has 2 rings (SSSR count). The number of rotatable bonds is 2. The molecular weight excluding hydrogens is 212 g/mol. The Morgan fingerprint density at radius 3 is 2.82 bits per heavy atom. The van der Waals surface area contributed by atoms with Crippen molar-refractivity contribution in [2.45, 2.75) is 26.3 Å². The summed E-state index contributed by atoms with van der Waals surface area (Å²) in [6.45, 7) is 5.61. The molecule has 1 aromatic rings. The van der Waals surface area contributed by atoms with Crippen LogP contribution in [0.1, 0.15) is 16.7 Å². The fourth-order valence-electron chi connectivity index (χ4n) is 2.22. The summed E-state index contributed by atoms with van der Waals surface area (Å²) in [5.74, 6) is 0.185. The van der Waals surface area contributed by atoms with E-state index in [1.165, 1.54) is 16.7 Å². The van der Waals surface area contributed by atoms with Gasteiger partial charge in [-0.15, -0.1) is 0 Å². The Balaban J connectivity index is 2.09. The molecule has 92 valence electrons. The number of hydrogen-bond acceptors (Lipinski definition) is 2. The predicted octanol–water partition coefficient (Wildman–Crippen LogP) is 1.28. The van der Waals surface area contributed by atoms with Gasteiger partial charge in [-0.05, 0) is 37.0 Å². The van der Waals surface area contributed by atoms with Crippen molar-refractivity contribution in [2.24, 2.45) is 0 Å². The van der Waals surface area contributed by atoms with E-state index < -0.39 is 0 Å². The lowest BCUT2D eigenvalue weighted by molar-refractivity contribution is -0.133. The van der Waals surface area contributed by atoms with Crippen LogP contribution in [0.4, 0.5) is 0 Å². The molecule has 0 aliphatic carbocycles. The number of nitrogens with zero attached hydrogens (tertiary/aromatic N) is 1. The molecule has 0 bridgehead atoms. The zero-order valence-electron chi connectivity index (χ0n) is 10.8. The van der Waals surface area contributed by atoms with Crippen molar-refractivity contribution in [3.8, 4) is 0 Å². The van der Waals surface area contributed by atoms with Gasteiger partial charge >= 0.3 is 0 Å². The smallest absolute Gasteiger partial charge is 0.236 e. The molecule has 0 radical (unpaired) electrons. The van der Waals surface area contributed by atoms with Crippen LogP contribution in [-0.4, -0.2) is 37.0 Å². The Bertz CT molecular complexity index is 428. The van der Waals surface area contributed by atoms with Gasteiger partial charge in [0, 0.05) is 19.6 Å². The highest BCUT2D eigenvalue weighted by atomic mass is 16.2. The minimum atomic E-state index is 0.185. The minimum Gasteiger partial charge on any atom is -0.340 e. The highest BCUT2D eigenvalue weighted by Crippen LogP contribution is 2.14. The maximum atomic E-state index is 11.6. The summed E-state index contributed by atoms with van der Waals surface area (Å²) in [5.41, 5.74) is 3.95. The summed E-state index contributed by atoms with van der Waals surface area (Å²) in [4.78, 5) is 13.4. The Morgan fingerprint density at radius 1 is 1.35 bits per heavy atom. The van der Waals surface area contributed by atoms with Crippen molar-refractivity contribution in [1.29, 1.82) is 0 Å². The molecule has 3 nitrogen and oxygen atoms in total. The zero-order chi connectivity index (χ0) is 12.4. The molecule has 1 aliphatic rings.